The number of ether oxygens (including phenoxy) is 2. The second-order valence-corrected chi connectivity index (χ2v) is 10.4. The molecule has 218 valence electrons. The largest absolute Gasteiger partial charge is 0.494 e. The Morgan fingerprint density at radius 3 is 0.932 bits per heavy atom. The van der Waals surface area contributed by atoms with Crippen molar-refractivity contribution in [3.63, 3.8) is 0 Å². The Hall–Kier alpha value is -5.48. The lowest BCUT2D eigenvalue weighted by atomic mass is 10.2. The fraction of sp³-hybridized carbons (Fsp3) is 0.100. The monoisotopic (exact) mass is 576 g/mol. The first-order chi connectivity index (χ1) is 21.8. The molecule has 0 N–H and O–H groups in total. The van der Waals surface area contributed by atoms with E-state index in [1.165, 1.54) is 0 Å². The van der Waals surface area contributed by atoms with Crippen molar-refractivity contribution in [2.45, 2.75) is 12.8 Å². The van der Waals surface area contributed by atoms with Crippen molar-refractivity contribution in [1.82, 2.24) is 0 Å². The minimum absolute atomic E-state index is 0.624. The van der Waals surface area contributed by atoms with Gasteiger partial charge in [0.05, 0.1) is 13.2 Å². The lowest BCUT2D eigenvalue weighted by Gasteiger charge is -2.25. The van der Waals surface area contributed by atoms with Crippen LogP contribution in [0.25, 0.3) is 0 Å². The van der Waals surface area contributed by atoms with Crippen LogP contribution in [0.5, 0.6) is 11.5 Å². The molecule has 0 spiro atoms. The van der Waals surface area contributed by atoms with Crippen molar-refractivity contribution in [3.8, 4) is 11.5 Å². The molecule has 0 aliphatic rings. The Morgan fingerprint density at radius 1 is 0.318 bits per heavy atom. The van der Waals surface area contributed by atoms with Gasteiger partial charge in [0.15, 0.2) is 0 Å². The quantitative estimate of drug-likeness (QED) is 0.128. The van der Waals surface area contributed by atoms with Crippen LogP contribution in [0.4, 0.5) is 34.1 Å². The lowest BCUT2D eigenvalue weighted by Crippen LogP contribution is -2.10. The third kappa shape index (κ3) is 7.29. The van der Waals surface area contributed by atoms with E-state index in [-0.39, 0.29) is 0 Å². The van der Waals surface area contributed by atoms with Crippen LogP contribution in [-0.2, 0) is 0 Å². The SMILES string of the molecule is c1ccc(N(c2ccccc2)c2cccc(OCCCCOc3cccc(N(c4ccccc4)c4ccccc4)c3)c2)cc1. The first-order valence-electron chi connectivity index (χ1n) is 15.1. The maximum Gasteiger partial charge on any atom is 0.121 e. The zero-order valence-corrected chi connectivity index (χ0v) is 24.7. The van der Waals surface area contributed by atoms with Crippen LogP contribution in [0.3, 0.4) is 0 Å². The average molecular weight is 577 g/mol. The number of nitrogens with zero attached hydrogens (tertiary/aromatic N) is 2. The summed E-state index contributed by atoms with van der Waals surface area (Å²) in [4.78, 5) is 4.48. The number of unbranched alkanes of at least 4 members (excludes halogenated alkanes) is 1. The minimum atomic E-state index is 0.624. The molecule has 0 bridgehead atoms. The van der Waals surface area contributed by atoms with Gasteiger partial charge in [-0.1, -0.05) is 84.9 Å². The van der Waals surface area contributed by atoms with Crippen LogP contribution in [0.1, 0.15) is 12.8 Å². The fourth-order valence-corrected chi connectivity index (χ4v) is 5.21. The van der Waals surface area contributed by atoms with Crippen molar-refractivity contribution >= 4 is 34.1 Å². The number of hydrogen-bond acceptors (Lipinski definition) is 4. The second kappa shape index (κ2) is 14.6. The van der Waals surface area contributed by atoms with Crippen LogP contribution >= 0.6 is 0 Å². The van der Waals surface area contributed by atoms with Crippen molar-refractivity contribution in [3.05, 3.63) is 170 Å². The van der Waals surface area contributed by atoms with E-state index < -0.39 is 0 Å². The summed E-state index contributed by atoms with van der Waals surface area (Å²) in [5.74, 6) is 1.71. The summed E-state index contributed by atoms with van der Waals surface area (Å²) >= 11 is 0. The normalized spacial score (nSPS) is 10.6. The van der Waals surface area contributed by atoms with Gasteiger partial charge >= 0.3 is 0 Å². The predicted molar refractivity (Wildman–Crippen MR) is 182 cm³/mol. The molecular formula is C40H36N2O2. The third-order valence-electron chi connectivity index (χ3n) is 7.29. The molecule has 0 saturated carbocycles. The highest BCUT2D eigenvalue weighted by Gasteiger charge is 2.14. The first-order valence-corrected chi connectivity index (χ1v) is 15.1. The molecule has 0 heterocycles. The third-order valence-corrected chi connectivity index (χ3v) is 7.29. The number of anilines is 6. The summed E-state index contributed by atoms with van der Waals surface area (Å²) in [5.41, 5.74) is 6.53. The number of para-hydroxylation sites is 4. The molecular weight excluding hydrogens is 540 g/mol. The van der Waals surface area contributed by atoms with Crippen molar-refractivity contribution in [1.29, 1.82) is 0 Å². The zero-order chi connectivity index (χ0) is 29.8. The van der Waals surface area contributed by atoms with Gasteiger partial charge in [-0.2, -0.15) is 0 Å². The van der Waals surface area contributed by atoms with Gasteiger partial charge in [-0.05, 0) is 85.6 Å². The number of hydrogen-bond donors (Lipinski definition) is 0. The minimum Gasteiger partial charge on any atom is -0.494 e. The Labute approximate surface area is 260 Å². The van der Waals surface area contributed by atoms with Gasteiger partial charge in [0.1, 0.15) is 11.5 Å². The molecule has 0 saturated heterocycles. The molecule has 4 heteroatoms. The summed E-state index contributed by atoms with van der Waals surface area (Å²) in [5, 5.41) is 0. The highest BCUT2D eigenvalue weighted by molar-refractivity contribution is 5.78. The smallest absolute Gasteiger partial charge is 0.121 e. The molecule has 6 aromatic rings. The summed E-state index contributed by atoms with van der Waals surface area (Å²) < 4.78 is 12.4. The summed E-state index contributed by atoms with van der Waals surface area (Å²) in [7, 11) is 0. The van der Waals surface area contributed by atoms with Crippen LogP contribution in [0.2, 0.25) is 0 Å². The Morgan fingerprint density at radius 2 is 0.614 bits per heavy atom. The average Bonchev–Trinajstić information content (AvgIpc) is 3.09. The van der Waals surface area contributed by atoms with Gasteiger partial charge < -0.3 is 19.3 Å². The summed E-state index contributed by atoms with van der Waals surface area (Å²) in [6.45, 7) is 1.25. The van der Waals surface area contributed by atoms with Crippen molar-refractivity contribution in [2.75, 3.05) is 23.0 Å². The molecule has 0 radical (unpaired) electrons. The van der Waals surface area contributed by atoms with Gasteiger partial charge in [-0.25, -0.2) is 0 Å². The molecule has 0 atom stereocenters. The van der Waals surface area contributed by atoms with Crippen LogP contribution in [0.15, 0.2) is 170 Å². The highest BCUT2D eigenvalue weighted by Crippen LogP contribution is 2.37. The van der Waals surface area contributed by atoms with E-state index in [2.05, 4.69) is 131 Å². The van der Waals surface area contributed by atoms with Gasteiger partial charge in [-0.15, -0.1) is 0 Å². The number of benzene rings is 6. The maximum absolute atomic E-state index is 6.18. The number of rotatable bonds is 13. The van der Waals surface area contributed by atoms with E-state index in [0.29, 0.717) is 13.2 Å². The molecule has 0 aliphatic heterocycles. The van der Waals surface area contributed by atoms with Crippen molar-refractivity contribution in [2.24, 2.45) is 0 Å². The molecule has 0 fully saturated rings. The molecule has 0 aliphatic carbocycles. The standard InChI is InChI=1S/C40H36N2O2/c1-5-17-33(18-6-1)41(34-19-7-2-8-20-34)37-25-15-27-39(31-37)43-29-13-14-30-44-40-28-16-26-38(32-40)42(35-21-9-3-10-22-35)36-23-11-4-12-24-36/h1-12,15-28,31-32H,13-14,29-30H2. The van der Waals surface area contributed by atoms with Gasteiger partial charge in [0.25, 0.3) is 0 Å². The Balaban J connectivity index is 1.05. The zero-order valence-electron chi connectivity index (χ0n) is 24.7. The predicted octanol–water partition coefficient (Wildman–Crippen LogP) is 10.9. The second-order valence-electron chi connectivity index (χ2n) is 10.4. The Kier molecular flexibility index (Phi) is 9.51. The molecule has 44 heavy (non-hydrogen) atoms. The Bertz CT molecular complexity index is 1500. The van der Waals surface area contributed by atoms with Crippen LogP contribution < -0.4 is 19.3 Å². The van der Waals surface area contributed by atoms with Gasteiger partial charge in [-0.3, -0.25) is 0 Å². The maximum atomic E-state index is 6.18. The van der Waals surface area contributed by atoms with E-state index in [4.69, 9.17) is 9.47 Å². The van der Waals surface area contributed by atoms with Crippen LogP contribution in [-0.4, -0.2) is 13.2 Å². The fourth-order valence-electron chi connectivity index (χ4n) is 5.21. The van der Waals surface area contributed by atoms with E-state index >= 15 is 0 Å². The summed E-state index contributed by atoms with van der Waals surface area (Å²) in [6, 6.07) is 58.2. The molecule has 6 aromatic carbocycles. The lowest BCUT2D eigenvalue weighted by molar-refractivity contribution is 0.266. The molecule has 0 unspecified atom stereocenters. The summed E-state index contributed by atoms with van der Waals surface area (Å²) in [6.07, 6.45) is 1.79. The first kappa shape index (κ1) is 28.6. The molecule has 0 amide bonds. The topological polar surface area (TPSA) is 24.9 Å². The highest BCUT2D eigenvalue weighted by atomic mass is 16.5. The van der Waals surface area contributed by atoms with E-state index in [9.17, 15) is 0 Å². The molecule has 0 aromatic heterocycles. The van der Waals surface area contributed by atoms with E-state index in [0.717, 1.165) is 58.5 Å². The van der Waals surface area contributed by atoms with E-state index in [1.54, 1.807) is 0 Å². The molecule has 6 rings (SSSR count). The van der Waals surface area contributed by atoms with Gasteiger partial charge in [0.2, 0.25) is 0 Å². The van der Waals surface area contributed by atoms with Gasteiger partial charge in [0, 0.05) is 46.3 Å². The van der Waals surface area contributed by atoms with Crippen LogP contribution in [0, 0.1) is 0 Å². The van der Waals surface area contributed by atoms with Crippen molar-refractivity contribution < 1.29 is 9.47 Å². The van der Waals surface area contributed by atoms with E-state index in [1.807, 2.05) is 48.5 Å². The molecule has 4 nitrogen and oxygen atoms in total.